The summed E-state index contributed by atoms with van der Waals surface area (Å²) in [6.07, 6.45) is -0.704. The number of alkyl carbamates (subject to hydrolysis) is 1. The largest absolute Gasteiger partial charge is 0.480 e. The molecule has 2 aliphatic rings. The third kappa shape index (κ3) is 5.26. The van der Waals surface area contributed by atoms with Crippen molar-refractivity contribution in [1.82, 2.24) is 10.6 Å². The second kappa shape index (κ2) is 10.7. The van der Waals surface area contributed by atoms with E-state index < -0.39 is 35.7 Å². The van der Waals surface area contributed by atoms with Gasteiger partial charge in [0, 0.05) is 5.92 Å². The molecule has 3 N–H and O–H groups in total. The number of hydrogen-bond acceptors (Lipinski definition) is 5. The van der Waals surface area contributed by atoms with Crippen LogP contribution in [0.5, 0.6) is 0 Å². The van der Waals surface area contributed by atoms with Crippen molar-refractivity contribution in [3.05, 3.63) is 95.6 Å². The van der Waals surface area contributed by atoms with E-state index in [0.717, 1.165) is 27.8 Å². The number of carboxylic acid groups (broad SMARTS) is 1. The first-order valence-electron chi connectivity index (χ1n) is 12.7. The Labute approximate surface area is 221 Å². The molecule has 196 valence electrons. The lowest BCUT2D eigenvalue weighted by Crippen LogP contribution is -2.56. The summed E-state index contributed by atoms with van der Waals surface area (Å²) in [6, 6.07) is 24.2. The van der Waals surface area contributed by atoms with Crippen LogP contribution in [-0.2, 0) is 25.7 Å². The Hall–Kier alpha value is -4.17. The highest BCUT2D eigenvalue weighted by Crippen LogP contribution is 2.44. The molecule has 2 aliphatic carbocycles. The summed E-state index contributed by atoms with van der Waals surface area (Å²) in [5.41, 5.74) is 4.14. The van der Waals surface area contributed by atoms with E-state index in [9.17, 15) is 19.5 Å². The topological polar surface area (TPSA) is 114 Å². The Kier molecular flexibility index (Phi) is 7.15. The van der Waals surface area contributed by atoms with Gasteiger partial charge in [0.05, 0.1) is 12.7 Å². The number of carboxylic acids is 1. The van der Waals surface area contributed by atoms with Gasteiger partial charge in [0.2, 0.25) is 5.91 Å². The molecule has 0 saturated heterocycles. The quantitative estimate of drug-likeness (QED) is 0.373. The fourth-order valence-electron chi connectivity index (χ4n) is 4.92. The molecule has 0 heterocycles. The Morgan fingerprint density at radius 2 is 1.50 bits per heavy atom. The van der Waals surface area contributed by atoms with Crippen LogP contribution in [0.25, 0.3) is 11.1 Å². The predicted octanol–water partition coefficient (Wildman–Crippen LogP) is 4.23. The number of nitrogens with one attached hydrogen (secondary N) is 2. The van der Waals surface area contributed by atoms with Crippen LogP contribution >= 0.6 is 0 Å². The lowest BCUT2D eigenvalue weighted by molar-refractivity contribution is -0.147. The minimum atomic E-state index is -1.27. The van der Waals surface area contributed by atoms with E-state index in [-0.39, 0.29) is 19.1 Å². The van der Waals surface area contributed by atoms with Gasteiger partial charge < -0.3 is 25.2 Å². The Morgan fingerprint density at radius 1 is 0.921 bits per heavy atom. The fourth-order valence-corrected chi connectivity index (χ4v) is 4.92. The number of ether oxygens (including phenoxy) is 2. The van der Waals surface area contributed by atoms with E-state index in [1.54, 1.807) is 6.92 Å². The molecule has 8 nitrogen and oxygen atoms in total. The van der Waals surface area contributed by atoms with E-state index in [4.69, 9.17) is 9.47 Å². The summed E-state index contributed by atoms with van der Waals surface area (Å²) in [6.45, 7) is 1.94. The first-order chi connectivity index (χ1) is 18.4. The van der Waals surface area contributed by atoms with Crippen molar-refractivity contribution in [3.8, 4) is 11.1 Å². The van der Waals surface area contributed by atoms with Crippen LogP contribution in [0.15, 0.2) is 78.9 Å². The molecule has 8 heteroatoms. The molecule has 0 spiro atoms. The zero-order valence-electron chi connectivity index (χ0n) is 21.1. The van der Waals surface area contributed by atoms with Gasteiger partial charge in [0.15, 0.2) is 6.04 Å². The van der Waals surface area contributed by atoms with Gasteiger partial charge in [0.1, 0.15) is 12.1 Å². The zero-order chi connectivity index (χ0) is 26.7. The molecule has 2 atom stereocenters. The molecular formula is C30H30N2O6. The SMILES string of the molecule is C[C@H](OCc1ccccc1)[C@@H](NC(=O)C1(NC(=O)OCC2c3ccccc3-c3ccccc32)CC1)C(=O)O. The molecule has 0 radical (unpaired) electrons. The summed E-state index contributed by atoms with van der Waals surface area (Å²) < 4.78 is 11.3. The van der Waals surface area contributed by atoms with Crippen LogP contribution in [0, 0.1) is 0 Å². The maximum atomic E-state index is 13.0. The molecule has 5 rings (SSSR count). The van der Waals surface area contributed by atoms with Crippen molar-refractivity contribution in [2.24, 2.45) is 0 Å². The van der Waals surface area contributed by atoms with Gasteiger partial charge in [0.25, 0.3) is 0 Å². The Morgan fingerprint density at radius 3 is 2.08 bits per heavy atom. The number of rotatable bonds is 10. The highest BCUT2D eigenvalue weighted by molar-refractivity contribution is 5.95. The first-order valence-corrected chi connectivity index (χ1v) is 12.7. The van der Waals surface area contributed by atoms with Crippen molar-refractivity contribution in [1.29, 1.82) is 0 Å². The molecule has 2 amide bonds. The third-order valence-electron chi connectivity index (χ3n) is 7.25. The van der Waals surface area contributed by atoms with E-state index in [2.05, 4.69) is 22.8 Å². The van der Waals surface area contributed by atoms with Crippen LogP contribution in [0.2, 0.25) is 0 Å². The molecule has 1 fully saturated rings. The number of carbonyl (C=O) groups excluding carboxylic acids is 2. The molecule has 0 aromatic heterocycles. The Bertz CT molecular complexity index is 1290. The van der Waals surface area contributed by atoms with Gasteiger partial charge in [-0.15, -0.1) is 0 Å². The number of benzene rings is 3. The Balaban J connectivity index is 1.17. The number of amides is 2. The summed E-state index contributed by atoms with van der Waals surface area (Å²) in [7, 11) is 0. The van der Waals surface area contributed by atoms with Crippen LogP contribution in [0.4, 0.5) is 4.79 Å². The van der Waals surface area contributed by atoms with E-state index >= 15 is 0 Å². The van der Waals surface area contributed by atoms with Crippen molar-refractivity contribution in [2.75, 3.05) is 6.61 Å². The number of aliphatic carboxylic acids is 1. The number of fused-ring (bicyclic) bond motifs is 3. The molecule has 3 aromatic carbocycles. The van der Waals surface area contributed by atoms with Crippen molar-refractivity contribution in [2.45, 2.75) is 50.0 Å². The van der Waals surface area contributed by atoms with Gasteiger partial charge >= 0.3 is 12.1 Å². The molecule has 0 unspecified atom stereocenters. The minimum Gasteiger partial charge on any atom is -0.480 e. The van der Waals surface area contributed by atoms with Gasteiger partial charge in [-0.2, -0.15) is 0 Å². The summed E-state index contributed by atoms with van der Waals surface area (Å²) in [5, 5.41) is 14.9. The van der Waals surface area contributed by atoms with Crippen molar-refractivity contribution < 1.29 is 29.0 Å². The van der Waals surface area contributed by atoms with Gasteiger partial charge in [-0.05, 0) is 47.6 Å². The highest BCUT2D eigenvalue weighted by atomic mass is 16.5. The van der Waals surface area contributed by atoms with Gasteiger partial charge in [-0.3, -0.25) is 4.79 Å². The lowest BCUT2D eigenvalue weighted by atomic mass is 9.98. The average molecular weight is 515 g/mol. The number of hydrogen-bond donors (Lipinski definition) is 3. The molecule has 3 aromatic rings. The van der Waals surface area contributed by atoms with Crippen LogP contribution in [0.3, 0.4) is 0 Å². The van der Waals surface area contributed by atoms with Crippen LogP contribution < -0.4 is 10.6 Å². The zero-order valence-corrected chi connectivity index (χ0v) is 21.1. The number of carbonyl (C=O) groups is 3. The third-order valence-corrected chi connectivity index (χ3v) is 7.25. The van der Waals surface area contributed by atoms with Crippen LogP contribution in [-0.4, -0.2) is 47.4 Å². The van der Waals surface area contributed by atoms with Crippen LogP contribution in [0.1, 0.15) is 42.4 Å². The molecule has 0 aliphatic heterocycles. The lowest BCUT2D eigenvalue weighted by Gasteiger charge is -2.25. The minimum absolute atomic E-state index is 0.101. The summed E-state index contributed by atoms with van der Waals surface area (Å²) in [4.78, 5) is 37.7. The average Bonchev–Trinajstić information content (AvgIpc) is 3.64. The highest BCUT2D eigenvalue weighted by Gasteiger charge is 2.53. The fraction of sp³-hybridized carbons (Fsp3) is 0.300. The second-order valence-electron chi connectivity index (χ2n) is 9.82. The molecule has 0 bridgehead atoms. The predicted molar refractivity (Wildman–Crippen MR) is 140 cm³/mol. The normalized spacial score (nSPS) is 16.4. The maximum Gasteiger partial charge on any atom is 0.408 e. The smallest absolute Gasteiger partial charge is 0.408 e. The summed E-state index contributed by atoms with van der Waals surface area (Å²) in [5.74, 6) is -1.87. The van der Waals surface area contributed by atoms with E-state index in [0.29, 0.717) is 12.8 Å². The monoisotopic (exact) mass is 514 g/mol. The van der Waals surface area contributed by atoms with E-state index in [1.807, 2.05) is 66.7 Å². The molecule has 1 saturated carbocycles. The molecule has 38 heavy (non-hydrogen) atoms. The van der Waals surface area contributed by atoms with E-state index in [1.165, 1.54) is 0 Å². The maximum absolute atomic E-state index is 13.0. The summed E-state index contributed by atoms with van der Waals surface area (Å²) >= 11 is 0. The molecular weight excluding hydrogens is 484 g/mol. The van der Waals surface area contributed by atoms with Gasteiger partial charge in [-0.1, -0.05) is 78.9 Å². The second-order valence-corrected chi connectivity index (χ2v) is 9.82. The first kappa shape index (κ1) is 25.5. The standard InChI is InChI=1S/C30H30N2O6/c1-19(37-17-20-9-3-2-4-10-20)26(27(33)34)31-28(35)30(15-16-30)32-29(36)38-18-25-23-13-7-5-11-21(23)22-12-6-8-14-24(22)25/h2-14,19,25-26H,15-18H2,1H3,(H,31,35)(H,32,36)(H,33,34)/t19-,26+/m0/s1. The van der Waals surface area contributed by atoms with Crippen molar-refractivity contribution >= 4 is 18.0 Å². The van der Waals surface area contributed by atoms with Crippen molar-refractivity contribution in [3.63, 3.8) is 0 Å². The van der Waals surface area contributed by atoms with Gasteiger partial charge in [-0.25, -0.2) is 9.59 Å².